The van der Waals surface area contributed by atoms with Gasteiger partial charge in [0.2, 0.25) is 0 Å². The smallest absolute Gasteiger partial charge is 0.118 e. The molecule has 0 fully saturated rings. The van der Waals surface area contributed by atoms with E-state index in [4.69, 9.17) is 22.3 Å². The Morgan fingerprint density at radius 2 is 0.532 bits per heavy atom. The zero-order valence-corrected chi connectivity index (χ0v) is 41.6. The van der Waals surface area contributed by atoms with E-state index in [9.17, 15) is 0 Å². The molecule has 0 unspecified atom stereocenters. The Labute approximate surface area is 383 Å². The van der Waals surface area contributed by atoms with Crippen LogP contribution in [0.15, 0.2) is 97.1 Å². The predicted molar refractivity (Wildman–Crippen MR) is 279 cm³/mol. The fraction of sp³-hybridized carbons (Fsp3) is 0.448. The molecule has 0 aliphatic heterocycles. The van der Waals surface area contributed by atoms with Gasteiger partial charge in [-0.25, -0.2) is 0 Å². The van der Waals surface area contributed by atoms with Gasteiger partial charge in [0.15, 0.2) is 0 Å². The van der Waals surface area contributed by atoms with E-state index in [-0.39, 0.29) is 0 Å². The summed E-state index contributed by atoms with van der Waals surface area (Å²) in [7, 11) is 4.14. The maximum Gasteiger partial charge on any atom is 0.118 e. The van der Waals surface area contributed by atoms with E-state index in [0.29, 0.717) is 15.8 Å². The molecule has 0 saturated carbocycles. The molecule has 0 heterocycles. The Hall–Kier alpha value is -4.42. The lowest BCUT2D eigenvalue weighted by Crippen LogP contribution is -1.95. The number of terminal acetylenes is 2. The molecule has 0 aliphatic carbocycles. The third-order valence-corrected chi connectivity index (χ3v) is 15.6. The molecule has 0 saturated heterocycles. The fourth-order valence-electron chi connectivity index (χ4n) is 5.90. The normalized spacial score (nSPS) is 9.81. The standard InChI is InChI=1S/2C17H12O.2C12H27P/c2*1-3-14-4-6-15(7-5-14)8-9-16-10-12-17(18-2)13-11-16;2*1-4-7-10-13(11-8-5-2)12-9-6-3/h2*1,4-7,10-13H,2H3;2*4-12H2,1-3H3. The van der Waals surface area contributed by atoms with Crippen molar-refractivity contribution in [3.8, 4) is 59.9 Å². The Kier molecular flexibility index (Phi) is 34.3. The number of methoxy groups -OCH3 is 2. The summed E-state index contributed by atoms with van der Waals surface area (Å²) in [5.74, 6) is 19.2. The van der Waals surface area contributed by atoms with Crippen LogP contribution in [0.2, 0.25) is 0 Å². The predicted octanol–water partition coefficient (Wildman–Crippen LogP) is 15.9. The van der Waals surface area contributed by atoms with Crippen LogP contribution in [0.3, 0.4) is 0 Å². The van der Waals surface area contributed by atoms with Gasteiger partial charge in [-0.3, -0.25) is 0 Å². The van der Waals surface area contributed by atoms with Crippen molar-refractivity contribution in [3.63, 3.8) is 0 Å². The van der Waals surface area contributed by atoms with Crippen LogP contribution in [0.5, 0.6) is 11.5 Å². The molecule has 4 aromatic rings. The Morgan fingerprint density at radius 3 is 0.710 bits per heavy atom. The minimum atomic E-state index is 0.422. The number of hydrogen-bond acceptors (Lipinski definition) is 2. The summed E-state index contributed by atoms with van der Waals surface area (Å²) >= 11 is 0. The molecule has 2 nitrogen and oxygen atoms in total. The van der Waals surface area contributed by atoms with E-state index in [1.807, 2.05) is 97.1 Å². The molecule has 0 radical (unpaired) electrons. The molecule has 0 atom stereocenters. The van der Waals surface area contributed by atoms with Crippen LogP contribution in [0, 0.1) is 48.4 Å². The number of benzene rings is 4. The van der Waals surface area contributed by atoms with Crippen molar-refractivity contribution in [2.45, 2.75) is 119 Å². The SMILES string of the molecule is C#Cc1ccc(C#Cc2ccc(OC)cc2)cc1.C#Cc1ccc(C#Cc2ccc(OC)cc2)cc1.CCCCP(CCCC)CCCC.CCCCP(CCCC)CCCC. The topological polar surface area (TPSA) is 18.5 Å². The molecule has 0 aliphatic rings. The molecule has 4 aromatic carbocycles. The van der Waals surface area contributed by atoms with E-state index < -0.39 is 0 Å². The molecule has 62 heavy (non-hydrogen) atoms. The van der Waals surface area contributed by atoms with E-state index in [1.165, 1.54) is 77.0 Å². The van der Waals surface area contributed by atoms with Crippen molar-refractivity contribution in [1.29, 1.82) is 0 Å². The van der Waals surface area contributed by atoms with Crippen LogP contribution in [-0.4, -0.2) is 51.2 Å². The highest BCUT2D eigenvalue weighted by molar-refractivity contribution is 7.57. The average Bonchev–Trinajstić information content (AvgIpc) is 3.33. The Morgan fingerprint density at radius 1 is 0.339 bits per heavy atom. The highest BCUT2D eigenvalue weighted by Crippen LogP contribution is 2.39. The molecule has 0 amide bonds. The molecule has 4 rings (SSSR count). The van der Waals surface area contributed by atoms with Gasteiger partial charge in [-0.15, -0.1) is 28.7 Å². The van der Waals surface area contributed by atoms with Gasteiger partial charge in [-0.2, -0.15) is 0 Å². The average molecular weight is 869 g/mol. The molecule has 0 spiro atoms. The van der Waals surface area contributed by atoms with Crippen molar-refractivity contribution in [3.05, 3.63) is 130 Å². The van der Waals surface area contributed by atoms with Gasteiger partial charge in [0.25, 0.3) is 0 Å². The van der Waals surface area contributed by atoms with Crippen molar-refractivity contribution in [1.82, 2.24) is 0 Å². The van der Waals surface area contributed by atoms with Gasteiger partial charge in [0.1, 0.15) is 11.5 Å². The molecular weight excluding hydrogens is 791 g/mol. The first-order valence-corrected chi connectivity index (χ1v) is 27.0. The monoisotopic (exact) mass is 869 g/mol. The van der Waals surface area contributed by atoms with Gasteiger partial charge < -0.3 is 9.47 Å². The lowest BCUT2D eigenvalue weighted by Gasteiger charge is -2.16. The maximum atomic E-state index is 5.29. The van der Waals surface area contributed by atoms with Gasteiger partial charge in [-0.1, -0.05) is 116 Å². The zero-order chi connectivity index (χ0) is 45.5. The number of rotatable bonds is 20. The summed E-state index contributed by atoms with van der Waals surface area (Å²) in [5.41, 5.74) is 5.54. The first-order chi connectivity index (χ1) is 30.3. The number of hydrogen-bond donors (Lipinski definition) is 0. The first kappa shape index (κ1) is 55.6. The minimum Gasteiger partial charge on any atom is -0.497 e. The van der Waals surface area contributed by atoms with Crippen LogP contribution >= 0.6 is 15.8 Å². The summed E-state index contributed by atoms with van der Waals surface area (Å²) in [5, 5.41) is 0. The lowest BCUT2D eigenvalue weighted by molar-refractivity contribution is 0.414. The molecule has 4 heteroatoms. The molecular formula is C58H78O2P2. The van der Waals surface area contributed by atoms with Gasteiger partial charge >= 0.3 is 0 Å². The van der Waals surface area contributed by atoms with Gasteiger partial charge in [0.05, 0.1) is 14.2 Å². The second-order valence-corrected chi connectivity index (χ2v) is 20.6. The summed E-state index contributed by atoms with van der Waals surface area (Å²) in [6.45, 7) is 13.9. The lowest BCUT2D eigenvalue weighted by atomic mass is 10.1. The van der Waals surface area contributed by atoms with Crippen molar-refractivity contribution >= 4 is 15.8 Å². The third-order valence-electron chi connectivity index (χ3n) is 9.95. The first-order valence-electron chi connectivity index (χ1n) is 23.2. The van der Waals surface area contributed by atoms with E-state index in [2.05, 4.69) is 77.1 Å². The quantitative estimate of drug-likeness (QED) is 0.0651. The van der Waals surface area contributed by atoms with Crippen molar-refractivity contribution < 1.29 is 9.47 Å². The van der Waals surface area contributed by atoms with Crippen molar-refractivity contribution in [2.75, 3.05) is 51.2 Å². The summed E-state index contributed by atoms with van der Waals surface area (Å²) < 4.78 is 10.2. The van der Waals surface area contributed by atoms with Gasteiger partial charge in [0, 0.05) is 33.4 Å². The molecule has 0 bridgehead atoms. The largest absolute Gasteiger partial charge is 0.497 e. The van der Waals surface area contributed by atoms with E-state index in [0.717, 1.165) is 44.9 Å². The summed E-state index contributed by atoms with van der Waals surface area (Å²) in [6.07, 6.45) is 37.0. The highest BCUT2D eigenvalue weighted by Gasteiger charge is 2.06. The Balaban J connectivity index is 0.000000420. The highest BCUT2D eigenvalue weighted by atomic mass is 31.1. The second-order valence-electron chi connectivity index (χ2n) is 15.2. The van der Waals surface area contributed by atoms with Crippen LogP contribution in [0.4, 0.5) is 0 Å². The van der Waals surface area contributed by atoms with Crippen LogP contribution < -0.4 is 9.47 Å². The molecule has 0 N–H and O–H groups in total. The second kappa shape index (κ2) is 38.3. The van der Waals surface area contributed by atoms with E-state index >= 15 is 0 Å². The number of ether oxygens (including phenoxy) is 2. The van der Waals surface area contributed by atoms with Crippen LogP contribution in [-0.2, 0) is 0 Å². The summed E-state index contributed by atoms with van der Waals surface area (Å²) in [6, 6.07) is 30.5. The molecule has 0 aromatic heterocycles. The minimum absolute atomic E-state index is 0.422. The fourth-order valence-corrected chi connectivity index (χ4v) is 11.8. The van der Waals surface area contributed by atoms with E-state index in [1.54, 1.807) is 51.2 Å². The van der Waals surface area contributed by atoms with Crippen LogP contribution in [0.1, 0.15) is 152 Å². The number of unbranched alkanes of at least 4 members (excludes halogenated alkanes) is 6. The molecule has 332 valence electrons. The zero-order valence-electron chi connectivity index (χ0n) is 39.8. The van der Waals surface area contributed by atoms with Gasteiger partial charge in [-0.05, 0) is 173 Å². The Bertz CT molecular complexity index is 1710. The third kappa shape index (κ3) is 27.5. The summed E-state index contributed by atoms with van der Waals surface area (Å²) in [4.78, 5) is 0. The van der Waals surface area contributed by atoms with Crippen molar-refractivity contribution in [2.24, 2.45) is 0 Å². The maximum absolute atomic E-state index is 5.29. The van der Waals surface area contributed by atoms with Crippen LogP contribution in [0.25, 0.3) is 0 Å².